The topological polar surface area (TPSA) is 138 Å². The van der Waals surface area contributed by atoms with Crippen LogP contribution in [0.3, 0.4) is 0 Å². The van der Waals surface area contributed by atoms with Gasteiger partial charge in [-0.15, -0.1) is 0 Å². The highest BCUT2D eigenvalue weighted by atomic mass is 16.5. The molecule has 1 atom stereocenters. The number of carbonyl (C=O) groups excluding carboxylic acids is 3. The largest absolute Gasteiger partial charge is 0.449 e. The summed E-state index contributed by atoms with van der Waals surface area (Å²) >= 11 is 0. The molecule has 3 aromatic carbocycles. The van der Waals surface area contributed by atoms with Crippen LogP contribution in [0, 0.1) is 6.92 Å². The van der Waals surface area contributed by atoms with Gasteiger partial charge in [0.1, 0.15) is 12.6 Å². The Balaban J connectivity index is 1.25. The Kier molecular flexibility index (Phi) is 8.12. The van der Waals surface area contributed by atoms with Crippen LogP contribution < -0.4 is 21.7 Å². The number of aromatic nitrogens is 1. The van der Waals surface area contributed by atoms with Crippen molar-refractivity contribution in [3.8, 4) is 11.1 Å². The molecule has 0 radical (unpaired) electrons. The third-order valence-electron chi connectivity index (χ3n) is 7.15. The van der Waals surface area contributed by atoms with E-state index in [0.717, 1.165) is 38.9 Å². The van der Waals surface area contributed by atoms with Crippen molar-refractivity contribution in [1.29, 1.82) is 0 Å². The lowest BCUT2D eigenvalue weighted by Gasteiger charge is -2.20. The molecule has 1 aromatic heterocycles. The van der Waals surface area contributed by atoms with Gasteiger partial charge >= 0.3 is 6.09 Å². The summed E-state index contributed by atoms with van der Waals surface area (Å²) in [4.78, 5) is 41.0. The normalized spacial score (nSPS) is 12.8. The van der Waals surface area contributed by atoms with Crippen LogP contribution in [0.2, 0.25) is 0 Å². The number of aromatic amines is 1. The predicted molar refractivity (Wildman–Crippen MR) is 155 cm³/mol. The summed E-state index contributed by atoms with van der Waals surface area (Å²) in [5.41, 5.74) is 12.4. The molecule has 0 bridgehead atoms. The maximum absolute atomic E-state index is 13.3. The summed E-state index contributed by atoms with van der Waals surface area (Å²) in [7, 11) is 0. The second-order valence-electron chi connectivity index (χ2n) is 9.96. The van der Waals surface area contributed by atoms with Gasteiger partial charge in [0.25, 0.3) is 0 Å². The quantitative estimate of drug-likeness (QED) is 0.193. The Labute approximate surface area is 232 Å². The number of alkyl carbamates (subject to hydrolysis) is 1. The minimum absolute atomic E-state index is 0.0894. The highest BCUT2D eigenvalue weighted by molar-refractivity contribution is 5.98. The number of amides is 3. The summed E-state index contributed by atoms with van der Waals surface area (Å²) in [5, 5.41) is 9.30. The zero-order valence-corrected chi connectivity index (χ0v) is 22.3. The van der Waals surface area contributed by atoms with Crippen molar-refractivity contribution in [3.63, 3.8) is 0 Å². The maximum Gasteiger partial charge on any atom is 0.407 e. The van der Waals surface area contributed by atoms with Crippen molar-refractivity contribution in [3.05, 3.63) is 89.6 Å². The summed E-state index contributed by atoms with van der Waals surface area (Å²) in [6.07, 6.45) is 0.0836. The second-order valence-corrected chi connectivity index (χ2v) is 9.96. The second kappa shape index (κ2) is 12.0. The Hall–Kier alpha value is -4.63. The van der Waals surface area contributed by atoms with Gasteiger partial charge in [-0.3, -0.25) is 9.59 Å². The molecule has 0 saturated heterocycles. The van der Waals surface area contributed by atoms with E-state index in [1.165, 1.54) is 0 Å². The van der Waals surface area contributed by atoms with Crippen molar-refractivity contribution in [2.24, 2.45) is 5.73 Å². The molecule has 40 heavy (non-hydrogen) atoms. The van der Waals surface area contributed by atoms with Crippen molar-refractivity contribution >= 4 is 34.5 Å². The first-order valence-corrected chi connectivity index (χ1v) is 13.4. The molecule has 1 heterocycles. The van der Waals surface area contributed by atoms with Gasteiger partial charge in [0.05, 0.1) is 6.54 Å². The third-order valence-corrected chi connectivity index (χ3v) is 7.15. The van der Waals surface area contributed by atoms with E-state index in [-0.39, 0.29) is 30.9 Å². The van der Waals surface area contributed by atoms with Crippen molar-refractivity contribution in [2.45, 2.75) is 31.7 Å². The molecule has 0 fully saturated rings. The van der Waals surface area contributed by atoms with Gasteiger partial charge in [-0.2, -0.15) is 0 Å². The van der Waals surface area contributed by atoms with Gasteiger partial charge in [0, 0.05) is 34.7 Å². The van der Waals surface area contributed by atoms with Crippen molar-refractivity contribution < 1.29 is 19.1 Å². The summed E-state index contributed by atoms with van der Waals surface area (Å²) in [6, 6.07) is 22.9. The minimum Gasteiger partial charge on any atom is -0.449 e. The SMILES string of the molecule is Cc1cc2cc(NC(=O)[C@H](CCCNC(=O)CN)NC(=O)OCC3c4ccccc4-c4ccccc43)ccc2[nH]1. The Morgan fingerprint density at radius 2 is 1.68 bits per heavy atom. The Bertz CT molecular complexity index is 1500. The number of ether oxygens (including phenoxy) is 1. The lowest BCUT2D eigenvalue weighted by Crippen LogP contribution is -2.44. The number of H-pyrrole nitrogens is 1. The molecule has 0 saturated carbocycles. The van der Waals surface area contributed by atoms with E-state index in [2.05, 4.69) is 45.2 Å². The third kappa shape index (κ3) is 6.00. The molecule has 9 heteroatoms. The van der Waals surface area contributed by atoms with Crippen molar-refractivity contribution in [2.75, 3.05) is 25.0 Å². The van der Waals surface area contributed by atoms with Gasteiger partial charge in [0.15, 0.2) is 0 Å². The van der Waals surface area contributed by atoms with Crippen LogP contribution in [0.15, 0.2) is 72.8 Å². The number of nitrogens with one attached hydrogen (secondary N) is 4. The number of rotatable bonds is 10. The van der Waals surface area contributed by atoms with Crippen LogP contribution >= 0.6 is 0 Å². The van der Waals surface area contributed by atoms with Crippen LogP contribution in [0.5, 0.6) is 0 Å². The van der Waals surface area contributed by atoms with Gasteiger partial charge in [-0.05, 0) is 66.3 Å². The lowest BCUT2D eigenvalue weighted by molar-refractivity contribution is -0.119. The van der Waals surface area contributed by atoms with Crippen molar-refractivity contribution in [1.82, 2.24) is 15.6 Å². The monoisotopic (exact) mass is 539 g/mol. The van der Waals surface area contributed by atoms with Gasteiger partial charge in [-0.25, -0.2) is 4.79 Å². The lowest BCUT2D eigenvalue weighted by atomic mass is 9.98. The molecule has 5 rings (SSSR count). The van der Waals surface area contributed by atoms with E-state index < -0.39 is 12.1 Å². The summed E-state index contributed by atoms with van der Waals surface area (Å²) in [5.74, 6) is -0.737. The fraction of sp³-hybridized carbons (Fsp3) is 0.258. The van der Waals surface area contributed by atoms with Crippen LogP contribution in [0.1, 0.15) is 35.6 Å². The Morgan fingerprint density at radius 3 is 2.38 bits per heavy atom. The van der Waals surface area contributed by atoms with E-state index in [0.29, 0.717) is 25.1 Å². The number of hydrogen-bond acceptors (Lipinski definition) is 5. The number of hydrogen-bond donors (Lipinski definition) is 5. The number of carbonyl (C=O) groups is 3. The summed E-state index contributed by atoms with van der Waals surface area (Å²) < 4.78 is 5.67. The molecule has 0 spiro atoms. The van der Waals surface area contributed by atoms with Gasteiger partial charge in [0.2, 0.25) is 11.8 Å². The molecule has 1 aliphatic carbocycles. The van der Waals surface area contributed by atoms with E-state index in [4.69, 9.17) is 10.5 Å². The highest BCUT2D eigenvalue weighted by Crippen LogP contribution is 2.44. The molecular weight excluding hydrogens is 506 g/mol. The van der Waals surface area contributed by atoms with Gasteiger partial charge in [-0.1, -0.05) is 48.5 Å². The number of nitrogens with two attached hydrogens (primary N) is 1. The summed E-state index contributed by atoms with van der Waals surface area (Å²) in [6.45, 7) is 2.34. The fourth-order valence-corrected chi connectivity index (χ4v) is 5.24. The fourth-order valence-electron chi connectivity index (χ4n) is 5.24. The van der Waals surface area contributed by atoms with Gasteiger partial charge < -0.3 is 31.4 Å². The van der Waals surface area contributed by atoms with E-state index in [9.17, 15) is 14.4 Å². The zero-order chi connectivity index (χ0) is 28.1. The first-order valence-electron chi connectivity index (χ1n) is 13.4. The molecule has 206 valence electrons. The molecule has 0 aliphatic heterocycles. The average Bonchev–Trinajstić information content (AvgIpc) is 3.49. The predicted octanol–water partition coefficient (Wildman–Crippen LogP) is 4.18. The van der Waals surface area contributed by atoms with Crippen LogP contribution in [0.25, 0.3) is 22.0 Å². The smallest absolute Gasteiger partial charge is 0.407 e. The number of fused-ring (bicyclic) bond motifs is 4. The maximum atomic E-state index is 13.3. The Morgan fingerprint density at radius 1 is 0.975 bits per heavy atom. The standard InChI is InChI=1S/C31H33N5O4/c1-19-15-20-16-21(12-13-27(20)34-19)35-30(38)28(11-6-14-33-29(37)17-32)36-31(39)40-18-26-24-9-4-2-7-22(24)23-8-3-5-10-25(23)26/h2-5,7-10,12-13,15-16,26,28,34H,6,11,14,17-18,32H2,1H3,(H,33,37)(H,35,38)(H,36,39)/t28-/m0/s1. The minimum atomic E-state index is -0.867. The first-order chi connectivity index (χ1) is 19.4. The van der Waals surface area contributed by atoms with E-state index >= 15 is 0 Å². The van der Waals surface area contributed by atoms with E-state index in [1.54, 1.807) is 0 Å². The number of anilines is 1. The molecule has 6 N–H and O–H groups in total. The number of aryl methyl sites for hydroxylation is 1. The zero-order valence-electron chi connectivity index (χ0n) is 22.3. The molecule has 0 unspecified atom stereocenters. The number of benzene rings is 3. The highest BCUT2D eigenvalue weighted by Gasteiger charge is 2.30. The van der Waals surface area contributed by atoms with E-state index in [1.807, 2.05) is 55.5 Å². The molecule has 3 amide bonds. The molecule has 4 aromatic rings. The average molecular weight is 540 g/mol. The van der Waals surface area contributed by atoms with Crippen LogP contribution in [-0.4, -0.2) is 48.6 Å². The molecular formula is C31H33N5O4. The van der Waals surface area contributed by atoms with Crippen LogP contribution in [0.4, 0.5) is 10.5 Å². The molecule has 9 nitrogen and oxygen atoms in total. The first kappa shape index (κ1) is 27.0. The molecule has 1 aliphatic rings. The van der Waals surface area contributed by atoms with Crippen LogP contribution in [-0.2, 0) is 14.3 Å².